The summed E-state index contributed by atoms with van der Waals surface area (Å²) in [5.74, 6) is -1.99. The topological polar surface area (TPSA) is 101 Å². The van der Waals surface area contributed by atoms with Gasteiger partial charge in [0.2, 0.25) is 5.78 Å². The molecule has 0 aromatic heterocycles. The number of hydrogen-bond donors (Lipinski definition) is 2. The van der Waals surface area contributed by atoms with E-state index < -0.39 is 23.3 Å². The maximum absolute atomic E-state index is 12.7. The number of fused-ring (bicyclic) bond motifs is 2. The molecule has 1 unspecified atom stereocenters. The van der Waals surface area contributed by atoms with Crippen LogP contribution in [0, 0.1) is 0 Å². The van der Waals surface area contributed by atoms with E-state index in [9.17, 15) is 24.6 Å². The Morgan fingerprint density at radius 2 is 1.77 bits per heavy atom. The fourth-order valence-corrected chi connectivity index (χ4v) is 3.51. The second-order valence-electron chi connectivity index (χ2n) is 5.70. The number of phenolic OH excluding ortho intramolecular Hbond substituents is 2. The molecule has 1 atom stereocenters. The number of thioether (sulfide) groups is 1. The van der Waals surface area contributed by atoms with Crippen molar-refractivity contribution in [3.8, 4) is 11.5 Å². The summed E-state index contributed by atoms with van der Waals surface area (Å²) in [6.07, 6.45) is 0. The fourth-order valence-electron chi connectivity index (χ4n) is 2.89. The molecule has 2 aromatic carbocycles. The van der Waals surface area contributed by atoms with Crippen molar-refractivity contribution in [2.45, 2.75) is 19.3 Å². The fraction of sp³-hybridized carbons (Fsp3) is 0.211. The highest BCUT2D eigenvalue weighted by molar-refractivity contribution is 7.99. The molecule has 0 bridgehead atoms. The normalized spacial score (nSPS) is 13.8. The third-order valence-electron chi connectivity index (χ3n) is 4.01. The van der Waals surface area contributed by atoms with E-state index in [1.807, 2.05) is 6.92 Å². The van der Waals surface area contributed by atoms with Crippen molar-refractivity contribution in [2.75, 3.05) is 5.75 Å². The lowest BCUT2D eigenvalue weighted by molar-refractivity contribution is 0.0481. The summed E-state index contributed by atoms with van der Waals surface area (Å²) < 4.78 is 5.25. The standard InChI is InChI=1S/C19H16O6S/c1-3-26-9(2)25-19(24)10-7-12-16(14(21)8-10)18(23)15-11(17(12)22)5-4-6-13(15)20/h4-9,20-21H,3H2,1-2H3. The van der Waals surface area contributed by atoms with Crippen molar-refractivity contribution in [2.24, 2.45) is 0 Å². The number of rotatable bonds is 4. The molecule has 2 aromatic rings. The molecule has 2 N–H and O–H groups in total. The average Bonchev–Trinajstić information content (AvgIpc) is 2.59. The highest BCUT2D eigenvalue weighted by atomic mass is 32.2. The molecule has 0 saturated carbocycles. The molecule has 3 rings (SSSR count). The van der Waals surface area contributed by atoms with Crippen LogP contribution in [0.3, 0.4) is 0 Å². The molecule has 0 spiro atoms. The van der Waals surface area contributed by atoms with E-state index in [0.717, 1.165) is 11.8 Å². The van der Waals surface area contributed by atoms with E-state index in [-0.39, 0.29) is 39.0 Å². The molecule has 1 aliphatic carbocycles. The van der Waals surface area contributed by atoms with Gasteiger partial charge in [-0.15, -0.1) is 11.8 Å². The number of benzene rings is 2. The van der Waals surface area contributed by atoms with E-state index in [1.165, 1.54) is 36.0 Å². The molecule has 0 saturated heterocycles. The molecule has 0 heterocycles. The number of ether oxygens (including phenoxy) is 1. The van der Waals surface area contributed by atoms with E-state index in [2.05, 4.69) is 0 Å². The third kappa shape index (κ3) is 2.94. The monoisotopic (exact) mass is 372 g/mol. The minimum atomic E-state index is -0.696. The predicted octanol–water partition coefficient (Wildman–Crippen LogP) is 3.13. The molecule has 0 amide bonds. The van der Waals surface area contributed by atoms with Crippen molar-refractivity contribution in [3.63, 3.8) is 0 Å². The van der Waals surface area contributed by atoms with Gasteiger partial charge in [-0.25, -0.2) is 4.79 Å². The van der Waals surface area contributed by atoms with Crippen LogP contribution in [0.1, 0.15) is 56.0 Å². The van der Waals surface area contributed by atoms with Crippen molar-refractivity contribution in [1.82, 2.24) is 0 Å². The van der Waals surface area contributed by atoms with Gasteiger partial charge in [-0.05, 0) is 30.9 Å². The van der Waals surface area contributed by atoms with Gasteiger partial charge in [0.15, 0.2) is 5.78 Å². The minimum Gasteiger partial charge on any atom is -0.507 e. The zero-order valence-corrected chi connectivity index (χ0v) is 14.9. The Bertz CT molecular complexity index is 934. The van der Waals surface area contributed by atoms with Crippen LogP contribution in [-0.2, 0) is 4.74 Å². The third-order valence-corrected chi connectivity index (χ3v) is 4.91. The summed E-state index contributed by atoms with van der Waals surface area (Å²) >= 11 is 1.43. The molecule has 0 fully saturated rings. The van der Waals surface area contributed by atoms with Crippen LogP contribution in [0.15, 0.2) is 30.3 Å². The second kappa shape index (κ2) is 6.84. The first-order chi connectivity index (χ1) is 12.3. The van der Waals surface area contributed by atoms with Gasteiger partial charge in [-0.2, -0.15) is 0 Å². The summed E-state index contributed by atoms with van der Waals surface area (Å²) in [4.78, 5) is 37.6. The SMILES string of the molecule is CCSC(C)OC(=O)c1cc(O)c2c(c1)C(=O)c1cccc(O)c1C2=O. The van der Waals surface area contributed by atoms with Crippen molar-refractivity contribution in [1.29, 1.82) is 0 Å². The Labute approximate surface area is 153 Å². The summed E-state index contributed by atoms with van der Waals surface area (Å²) in [5.41, 5.74) is -0.839. The van der Waals surface area contributed by atoms with E-state index in [4.69, 9.17) is 4.74 Å². The smallest absolute Gasteiger partial charge is 0.339 e. The Morgan fingerprint density at radius 1 is 1.08 bits per heavy atom. The maximum Gasteiger partial charge on any atom is 0.339 e. The number of phenols is 2. The van der Waals surface area contributed by atoms with Crippen LogP contribution >= 0.6 is 11.8 Å². The quantitative estimate of drug-likeness (QED) is 0.536. The highest BCUT2D eigenvalue weighted by Crippen LogP contribution is 2.37. The van der Waals surface area contributed by atoms with Gasteiger partial charge in [0.1, 0.15) is 16.9 Å². The molecular weight excluding hydrogens is 356 g/mol. The first-order valence-electron chi connectivity index (χ1n) is 7.96. The van der Waals surface area contributed by atoms with Gasteiger partial charge in [-0.1, -0.05) is 19.1 Å². The van der Waals surface area contributed by atoms with Crippen molar-refractivity contribution in [3.05, 3.63) is 58.1 Å². The van der Waals surface area contributed by atoms with Crippen LogP contribution in [0.2, 0.25) is 0 Å². The van der Waals surface area contributed by atoms with E-state index in [0.29, 0.717) is 0 Å². The van der Waals surface area contributed by atoms with Crippen LogP contribution in [0.5, 0.6) is 11.5 Å². The number of esters is 1. The maximum atomic E-state index is 12.7. The number of carbonyl (C=O) groups is 3. The Morgan fingerprint density at radius 3 is 2.46 bits per heavy atom. The summed E-state index contributed by atoms with van der Waals surface area (Å²) in [6.45, 7) is 3.65. The van der Waals surface area contributed by atoms with E-state index >= 15 is 0 Å². The lowest BCUT2D eigenvalue weighted by atomic mass is 9.82. The summed E-state index contributed by atoms with van der Waals surface area (Å²) in [5, 5.41) is 20.2. The zero-order valence-electron chi connectivity index (χ0n) is 14.1. The second-order valence-corrected chi connectivity index (χ2v) is 7.28. The van der Waals surface area contributed by atoms with Crippen molar-refractivity contribution >= 4 is 29.3 Å². The van der Waals surface area contributed by atoms with E-state index in [1.54, 1.807) is 6.92 Å². The molecule has 0 radical (unpaired) electrons. The van der Waals surface area contributed by atoms with Gasteiger partial charge in [-0.3, -0.25) is 9.59 Å². The molecule has 134 valence electrons. The van der Waals surface area contributed by atoms with Crippen LogP contribution in [-0.4, -0.2) is 38.9 Å². The highest BCUT2D eigenvalue weighted by Gasteiger charge is 2.35. The zero-order chi connectivity index (χ0) is 19.0. The number of aromatic hydroxyl groups is 2. The van der Waals surface area contributed by atoms with Gasteiger partial charge < -0.3 is 14.9 Å². The Hall–Kier alpha value is -2.80. The Balaban J connectivity index is 2.06. The van der Waals surface area contributed by atoms with Crippen molar-refractivity contribution < 1.29 is 29.3 Å². The molecular formula is C19H16O6S. The van der Waals surface area contributed by atoms with Gasteiger partial charge in [0.05, 0.1) is 16.7 Å². The first kappa shape index (κ1) is 18.0. The minimum absolute atomic E-state index is 0.0189. The molecule has 6 nitrogen and oxygen atoms in total. The number of hydrogen-bond acceptors (Lipinski definition) is 7. The lowest BCUT2D eigenvalue weighted by Crippen LogP contribution is -2.22. The Kier molecular flexibility index (Phi) is 4.73. The number of carbonyl (C=O) groups excluding carboxylic acids is 3. The largest absolute Gasteiger partial charge is 0.507 e. The number of ketones is 2. The van der Waals surface area contributed by atoms with Gasteiger partial charge in [0, 0.05) is 11.1 Å². The lowest BCUT2D eigenvalue weighted by Gasteiger charge is -2.20. The molecule has 7 heteroatoms. The van der Waals surface area contributed by atoms with Gasteiger partial charge >= 0.3 is 5.97 Å². The molecule has 1 aliphatic rings. The first-order valence-corrected chi connectivity index (χ1v) is 9.01. The van der Waals surface area contributed by atoms with Crippen LogP contribution < -0.4 is 0 Å². The van der Waals surface area contributed by atoms with Gasteiger partial charge in [0.25, 0.3) is 0 Å². The molecule has 0 aliphatic heterocycles. The predicted molar refractivity (Wildman–Crippen MR) is 96.1 cm³/mol. The van der Waals surface area contributed by atoms with Crippen LogP contribution in [0.4, 0.5) is 0 Å². The summed E-state index contributed by atoms with van der Waals surface area (Å²) in [6, 6.07) is 6.51. The van der Waals surface area contributed by atoms with Crippen LogP contribution in [0.25, 0.3) is 0 Å². The summed E-state index contributed by atoms with van der Waals surface area (Å²) in [7, 11) is 0. The molecule has 26 heavy (non-hydrogen) atoms. The average molecular weight is 372 g/mol.